The molecule has 2 rings (SSSR count). The second-order valence-corrected chi connectivity index (χ2v) is 6.22. The Hall–Kier alpha value is -1.15. The van der Waals surface area contributed by atoms with Gasteiger partial charge < -0.3 is 0 Å². The van der Waals surface area contributed by atoms with E-state index in [2.05, 4.69) is 48.0 Å². The molecule has 0 aliphatic carbocycles. The molecular weight excluding hydrogens is 303 g/mol. The van der Waals surface area contributed by atoms with Gasteiger partial charge in [-0.05, 0) is 49.9 Å². The largest absolute Gasteiger partial charge is 0.207 e. The van der Waals surface area contributed by atoms with Gasteiger partial charge in [0.05, 0.1) is 0 Å². The Morgan fingerprint density at radius 3 is 2.42 bits per heavy atom. The molecule has 0 aliphatic heterocycles. The van der Waals surface area contributed by atoms with Crippen LogP contribution >= 0.6 is 15.9 Å². The van der Waals surface area contributed by atoms with E-state index in [1.165, 1.54) is 16.7 Å². The van der Waals surface area contributed by atoms with Gasteiger partial charge in [0, 0.05) is 10.4 Å². The van der Waals surface area contributed by atoms with Crippen LogP contribution in [0, 0.1) is 26.6 Å². The quantitative estimate of drug-likeness (QED) is 0.661. The molecule has 19 heavy (non-hydrogen) atoms. The second kappa shape index (κ2) is 5.87. The Kier molecular flexibility index (Phi) is 4.41. The summed E-state index contributed by atoms with van der Waals surface area (Å²) in [6.45, 7) is 6.19. The van der Waals surface area contributed by atoms with Crippen molar-refractivity contribution in [2.24, 2.45) is 0 Å². The summed E-state index contributed by atoms with van der Waals surface area (Å²) in [5, 5.41) is 0. The molecule has 0 aliphatic rings. The van der Waals surface area contributed by atoms with E-state index in [4.69, 9.17) is 0 Å². The van der Waals surface area contributed by atoms with Crippen molar-refractivity contribution >= 4 is 15.9 Å². The van der Waals surface area contributed by atoms with Crippen LogP contribution in [0.1, 0.15) is 32.6 Å². The molecular formula is C17H18BrF. The van der Waals surface area contributed by atoms with Gasteiger partial charge in [0.25, 0.3) is 0 Å². The van der Waals surface area contributed by atoms with Crippen LogP contribution in [-0.4, -0.2) is 0 Å². The lowest BCUT2D eigenvalue weighted by Gasteiger charge is -2.13. The number of alkyl halides is 1. The van der Waals surface area contributed by atoms with Crippen molar-refractivity contribution < 1.29 is 4.39 Å². The van der Waals surface area contributed by atoms with E-state index < -0.39 is 0 Å². The standard InChI is InChI=1S/C17H18BrF/c1-11-4-7-17(19)15(8-11)16(18)10-14-6-5-12(2)13(3)9-14/h4-9,16H,10H2,1-3H3. The third-order valence-corrected chi connectivity index (χ3v) is 4.29. The van der Waals surface area contributed by atoms with Gasteiger partial charge >= 0.3 is 0 Å². The average molecular weight is 321 g/mol. The molecule has 2 aromatic rings. The molecule has 2 aromatic carbocycles. The third kappa shape index (κ3) is 3.44. The van der Waals surface area contributed by atoms with Crippen LogP contribution in [0.15, 0.2) is 36.4 Å². The van der Waals surface area contributed by atoms with Crippen LogP contribution in [0.2, 0.25) is 0 Å². The molecule has 0 radical (unpaired) electrons. The van der Waals surface area contributed by atoms with Gasteiger partial charge in [-0.25, -0.2) is 4.39 Å². The molecule has 2 heteroatoms. The molecule has 0 N–H and O–H groups in total. The topological polar surface area (TPSA) is 0 Å². The Labute approximate surface area is 122 Å². The van der Waals surface area contributed by atoms with Crippen LogP contribution in [-0.2, 0) is 6.42 Å². The SMILES string of the molecule is Cc1ccc(F)c(C(Br)Cc2ccc(C)c(C)c2)c1. The summed E-state index contributed by atoms with van der Waals surface area (Å²) in [4.78, 5) is 0.00880. The first kappa shape index (κ1) is 14.3. The maximum absolute atomic E-state index is 13.8. The minimum Gasteiger partial charge on any atom is -0.207 e. The molecule has 0 saturated heterocycles. The molecule has 1 atom stereocenters. The van der Waals surface area contributed by atoms with Crippen LogP contribution < -0.4 is 0 Å². The molecule has 0 amide bonds. The van der Waals surface area contributed by atoms with Crippen LogP contribution in [0.25, 0.3) is 0 Å². The lowest BCUT2D eigenvalue weighted by molar-refractivity contribution is 0.607. The lowest BCUT2D eigenvalue weighted by atomic mass is 9.99. The maximum Gasteiger partial charge on any atom is 0.127 e. The first-order valence-electron chi connectivity index (χ1n) is 6.43. The van der Waals surface area contributed by atoms with E-state index in [0.29, 0.717) is 0 Å². The Balaban J connectivity index is 2.22. The van der Waals surface area contributed by atoms with E-state index in [1.54, 1.807) is 12.1 Å². The van der Waals surface area contributed by atoms with Gasteiger partial charge in [0.15, 0.2) is 0 Å². The molecule has 0 fully saturated rings. The Bertz CT molecular complexity index is 590. The molecule has 100 valence electrons. The van der Waals surface area contributed by atoms with Crippen LogP contribution in [0.3, 0.4) is 0 Å². The van der Waals surface area contributed by atoms with Crippen molar-refractivity contribution in [3.63, 3.8) is 0 Å². The van der Waals surface area contributed by atoms with Crippen molar-refractivity contribution in [1.29, 1.82) is 0 Å². The highest BCUT2D eigenvalue weighted by atomic mass is 79.9. The zero-order valence-electron chi connectivity index (χ0n) is 11.5. The predicted molar refractivity (Wildman–Crippen MR) is 82.4 cm³/mol. The number of hydrogen-bond donors (Lipinski definition) is 0. The van der Waals surface area contributed by atoms with Gasteiger partial charge in [-0.15, -0.1) is 0 Å². The minimum absolute atomic E-state index is 0.00880. The number of benzene rings is 2. The summed E-state index contributed by atoms with van der Waals surface area (Å²) in [7, 11) is 0. The van der Waals surface area contributed by atoms with Crippen molar-refractivity contribution in [2.75, 3.05) is 0 Å². The highest BCUT2D eigenvalue weighted by Crippen LogP contribution is 2.30. The second-order valence-electron chi connectivity index (χ2n) is 5.12. The Morgan fingerprint density at radius 2 is 1.74 bits per heavy atom. The van der Waals surface area contributed by atoms with Gasteiger partial charge in [-0.2, -0.15) is 0 Å². The number of aryl methyl sites for hydroxylation is 3. The monoisotopic (exact) mass is 320 g/mol. The molecule has 1 unspecified atom stereocenters. The van der Waals surface area contributed by atoms with E-state index in [9.17, 15) is 4.39 Å². The number of hydrogen-bond acceptors (Lipinski definition) is 0. The first-order chi connectivity index (χ1) is 8.97. The fourth-order valence-corrected chi connectivity index (χ4v) is 2.88. The zero-order chi connectivity index (χ0) is 14.0. The van der Waals surface area contributed by atoms with E-state index in [1.807, 2.05) is 13.0 Å². The van der Waals surface area contributed by atoms with E-state index in [0.717, 1.165) is 17.5 Å². The highest BCUT2D eigenvalue weighted by Gasteiger charge is 2.13. The Morgan fingerprint density at radius 1 is 1.00 bits per heavy atom. The summed E-state index contributed by atoms with van der Waals surface area (Å²) in [5.41, 5.74) is 5.61. The summed E-state index contributed by atoms with van der Waals surface area (Å²) in [6.07, 6.45) is 0.793. The number of halogens is 2. The van der Waals surface area contributed by atoms with E-state index in [-0.39, 0.29) is 10.6 Å². The number of rotatable bonds is 3. The smallest absolute Gasteiger partial charge is 0.127 e. The molecule has 0 saturated carbocycles. The molecule has 0 nitrogen and oxygen atoms in total. The summed E-state index contributed by atoms with van der Waals surface area (Å²) in [6, 6.07) is 11.7. The van der Waals surface area contributed by atoms with Crippen molar-refractivity contribution in [3.8, 4) is 0 Å². The van der Waals surface area contributed by atoms with Crippen molar-refractivity contribution in [1.82, 2.24) is 0 Å². The fraction of sp³-hybridized carbons (Fsp3) is 0.294. The molecule has 0 bridgehead atoms. The fourth-order valence-electron chi connectivity index (χ4n) is 2.15. The zero-order valence-corrected chi connectivity index (χ0v) is 13.1. The van der Waals surface area contributed by atoms with Crippen LogP contribution in [0.5, 0.6) is 0 Å². The van der Waals surface area contributed by atoms with E-state index >= 15 is 0 Å². The minimum atomic E-state index is -0.142. The van der Waals surface area contributed by atoms with Gasteiger partial charge in [-0.3, -0.25) is 0 Å². The van der Waals surface area contributed by atoms with Gasteiger partial charge in [0.2, 0.25) is 0 Å². The van der Waals surface area contributed by atoms with Gasteiger partial charge in [-0.1, -0.05) is 51.8 Å². The first-order valence-corrected chi connectivity index (χ1v) is 7.35. The highest BCUT2D eigenvalue weighted by molar-refractivity contribution is 9.09. The summed E-state index contributed by atoms with van der Waals surface area (Å²) >= 11 is 3.61. The normalized spacial score (nSPS) is 12.5. The molecule has 0 spiro atoms. The predicted octanol–water partition coefficient (Wildman–Crippen LogP) is 5.43. The average Bonchev–Trinajstić information content (AvgIpc) is 2.36. The molecule has 0 heterocycles. The summed E-state index contributed by atoms with van der Waals surface area (Å²) in [5.74, 6) is -0.142. The third-order valence-electron chi connectivity index (χ3n) is 3.48. The van der Waals surface area contributed by atoms with Gasteiger partial charge in [0.1, 0.15) is 5.82 Å². The summed E-state index contributed by atoms with van der Waals surface area (Å²) < 4.78 is 13.8. The molecule has 0 aromatic heterocycles. The van der Waals surface area contributed by atoms with Crippen molar-refractivity contribution in [3.05, 3.63) is 70.0 Å². The lowest BCUT2D eigenvalue weighted by Crippen LogP contribution is -2.00. The van der Waals surface area contributed by atoms with Crippen LogP contribution in [0.4, 0.5) is 4.39 Å². The van der Waals surface area contributed by atoms with Crippen molar-refractivity contribution in [2.45, 2.75) is 32.0 Å². The maximum atomic E-state index is 13.8.